The third-order valence-electron chi connectivity index (χ3n) is 4.71. The molecule has 0 saturated carbocycles. The fraction of sp³-hybridized carbons (Fsp3) is 0.217. The Bertz CT molecular complexity index is 1230. The van der Waals surface area contributed by atoms with E-state index in [0.717, 1.165) is 11.1 Å². The largest absolute Gasteiger partial charge is 0.354 e. The molecule has 0 aliphatic carbocycles. The van der Waals surface area contributed by atoms with Gasteiger partial charge in [-0.05, 0) is 49.6 Å². The molecular formula is C23H25N3O4S. The second-order valence-corrected chi connectivity index (χ2v) is 9.09. The highest BCUT2D eigenvalue weighted by atomic mass is 32.2. The quantitative estimate of drug-likeness (QED) is 0.574. The van der Waals surface area contributed by atoms with Gasteiger partial charge in [0, 0.05) is 13.5 Å². The first-order chi connectivity index (χ1) is 14.7. The van der Waals surface area contributed by atoms with Gasteiger partial charge in [-0.1, -0.05) is 53.2 Å². The summed E-state index contributed by atoms with van der Waals surface area (Å²) in [5.41, 5.74) is 4.36. The van der Waals surface area contributed by atoms with Crippen LogP contribution in [0.3, 0.4) is 0 Å². The minimum atomic E-state index is -3.70. The molecule has 1 amide bonds. The van der Waals surface area contributed by atoms with E-state index in [9.17, 15) is 13.2 Å². The van der Waals surface area contributed by atoms with Gasteiger partial charge in [-0.3, -0.25) is 4.79 Å². The van der Waals surface area contributed by atoms with Crippen molar-refractivity contribution in [2.75, 3.05) is 5.32 Å². The van der Waals surface area contributed by atoms with Crippen LogP contribution in [0.4, 0.5) is 5.69 Å². The van der Waals surface area contributed by atoms with Gasteiger partial charge in [-0.15, -0.1) is 0 Å². The molecule has 31 heavy (non-hydrogen) atoms. The van der Waals surface area contributed by atoms with E-state index < -0.39 is 10.0 Å². The molecule has 162 valence electrons. The number of aryl methyl sites for hydroxylation is 3. The van der Waals surface area contributed by atoms with Crippen LogP contribution in [0.1, 0.15) is 40.6 Å². The summed E-state index contributed by atoms with van der Waals surface area (Å²) in [6, 6.07) is 12.9. The number of hydrogen-bond acceptors (Lipinski definition) is 5. The number of hydrogen-bond donors (Lipinski definition) is 2. The Balaban J connectivity index is 1.82. The normalized spacial score (nSPS) is 11.7. The summed E-state index contributed by atoms with van der Waals surface area (Å²) in [6.07, 6.45) is 3.36. The van der Waals surface area contributed by atoms with Crippen molar-refractivity contribution in [1.29, 1.82) is 0 Å². The lowest BCUT2D eigenvalue weighted by Gasteiger charge is -2.10. The predicted octanol–water partition coefficient (Wildman–Crippen LogP) is 4.21. The number of benzene rings is 2. The molecule has 0 fully saturated rings. The minimum absolute atomic E-state index is 0.206. The third-order valence-corrected chi connectivity index (χ3v) is 6.25. The first kappa shape index (κ1) is 22.5. The summed E-state index contributed by atoms with van der Waals surface area (Å²) in [6.45, 7) is 7.07. The predicted molar refractivity (Wildman–Crippen MR) is 121 cm³/mol. The molecule has 3 aromatic rings. The maximum Gasteiger partial charge on any atom is 0.241 e. The molecule has 0 saturated heterocycles. The Morgan fingerprint density at radius 3 is 2.45 bits per heavy atom. The van der Waals surface area contributed by atoms with Crippen LogP contribution in [0.25, 0.3) is 12.2 Å². The van der Waals surface area contributed by atoms with E-state index in [0.29, 0.717) is 28.3 Å². The Morgan fingerprint density at radius 1 is 1.06 bits per heavy atom. The Labute approximate surface area is 182 Å². The molecule has 2 N–H and O–H groups in total. The van der Waals surface area contributed by atoms with Crippen molar-refractivity contribution < 1.29 is 17.7 Å². The molecule has 0 aliphatic heterocycles. The lowest BCUT2D eigenvalue weighted by Crippen LogP contribution is -2.24. The Morgan fingerprint density at radius 2 is 1.77 bits per heavy atom. The fourth-order valence-electron chi connectivity index (χ4n) is 2.97. The number of amides is 1. The number of rotatable bonds is 7. The molecule has 0 unspecified atom stereocenters. The monoisotopic (exact) mass is 439 g/mol. The van der Waals surface area contributed by atoms with Crippen LogP contribution in [0.15, 0.2) is 51.9 Å². The van der Waals surface area contributed by atoms with Crippen molar-refractivity contribution in [3.63, 3.8) is 0 Å². The van der Waals surface area contributed by atoms with Gasteiger partial charge in [0.1, 0.15) is 11.4 Å². The van der Waals surface area contributed by atoms with Crippen molar-refractivity contribution >= 4 is 33.8 Å². The molecule has 8 heteroatoms. The Hall–Kier alpha value is -3.23. The molecule has 7 nitrogen and oxygen atoms in total. The molecule has 0 aliphatic rings. The molecule has 0 radical (unpaired) electrons. The lowest BCUT2D eigenvalue weighted by atomic mass is 10.1. The average Bonchev–Trinajstić information content (AvgIpc) is 3.06. The van der Waals surface area contributed by atoms with E-state index >= 15 is 0 Å². The maximum absolute atomic E-state index is 12.9. The van der Waals surface area contributed by atoms with Crippen LogP contribution in [-0.2, 0) is 21.4 Å². The van der Waals surface area contributed by atoms with Crippen LogP contribution in [0.5, 0.6) is 0 Å². The standard InChI is InChI=1S/C23H25N3O4S/c1-15-5-8-20(9-6-15)14-24-31(28,29)22-13-19(10-7-16(22)2)11-12-21-23(25-18(4)27)17(3)26-30-21/h5-13,24H,14H2,1-4H3,(H,25,27). The van der Waals surface area contributed by atoms with Crippen LogP contribution in [0.2, 0.25) is 0 Å². The van der Waals surface area contributed by atoms with E-state index in [1.54, 1.807) is 38.1 Å². The molecule has 0 atom stereocenters. The number of carbonyl (C=O) groups is 1. The molecule has 1 aromatic heterocycles. The van der Waals surface area contributed by atoms with Gasteiger partial charge >= 0.3 is 0 Å². The van der Waals surface area contributed by atoms with E-state index in [2.05, 4.69) is 15.2 Å². The molecular weight excluding hydrogens is 414 g/mol. The molecule has 2 aromatic carbocycles. The van der Waals surface area contributed by atoms with Crippen molar-refractivity contribution in [2.24, 2.45) is 0 Å². The highest BCUT2D eigenvalue weighted by Gasteiger charge is 2.17. The van der Waals surface area contributed by atoms with Gasteiger partial charge < -0.3 is 9.84 Å². The number of anilines is 1. The smallest absolute Gasteiger partial charge is 0.241 e. The summed E-state index contributed by atoms with van der Waals surface area (Å²) in [5, 5.41) is 6.55. The van der Waals surface area contributed by atoms with Gasteiger partial charge in [0.2, 0.25) is 15.9 Å². The first-order valence-corrected chi connectivity index (χ1v) is 11.2. The fourth-order valence-corrected chi connectivity index (χ4v) is 4.27. The van der Waals surface area contributed by atoms with Gasteiger partial charge in [0.15, 0.2) is 5.76 Å². The van der Waals surface area contributed by atoms with Gasteiger partial charge in [-0.2, -0.15) is 0 Å². The van der Waals surface area contributed by atoms with Crippen LogP contribution in [-0.4, -0.2) is 19.5 Å². The highest BCUT2D eigenvalue weighted by Crippen LogP contribution is 2.24. The van der Waals surface area contributed by atoms with Gasteiger partial charge in [0.05, 0.1) is 4.90 Å². The third kappa shape index (κ3) is 5.68. The second kappa shape index (κ2) is 9.28. The summed E-state index contributed by atoms with van der Waals surface area (Å²) >= 11 is 0. The van der Waals surface area contributed by atoms with E-state index in [1.165, 1.54) is 6.92 Å². The van der Waals surface area contributed by atoms with Crippen LogP contribution < -0.4 is 10.0 Å². The zero-order valence-corrected chi connectivity index (χ0v) is 18.7. The Kier molecular flexibility index (Phi) is 6.72. The van der Waals surface area contributed by atoms with Crippen molar-refractivity contribution in [1.82, 2.24) is 9.88 Å². The van der Waals surface area contributed by atoms with E-state index in [4.69, 9.17) is 4.52 Å². The maximum atomic E-state index is 12.9. The van der Waals surface area contributed by atoms with Crippen molar-refractivity contribution in [2.45, 2.75) is 39.1 Å². The van der Waals surface area contributed by atoms with Crippen molar-refractivity contribution in [3.05, 3.63) is 76.2 Å². The summed E-state index contributed by atoms with van der Waals surface area (Å²) < 4.78 is 33.7. The van der Waals surface area contributed by atoms with Gasteiger partial charge in [-0.25, -0.2) is 13.1 Å². The number of aromatic nitrogens is 1. The molecule has 3 rings (SSSR count). The first-order valence-electron chi connectivity index (χ1n) is 9.73. The number of nitrogens with zero attached hydrogens (tertiary/aromatic N) is 1. The molecule has 1 heterocycles. The lowest BCUT2D eigenvalue weighted by molar-refractivity contribution is -0.114. The van der Waals surface area contributed by atoms with Crippen LogP contribution in [0, 0.1) is 20.8 Å². The van der Waals surface area contributed by atoms with Crippen LogP contribution >= 0.6 is 0 Å². The number of carbonyl (C=O) groups excluding carboxylic acids is 1. The number of sulfonamides is 1. The highest BCUT2D eigenvalue weighted by molar-refractivity contribution is 7.89. The second-order valence-electron chi connectivity index (χ2n) is 7.36. The summed E-state index contributed by atoms with van der Waals surface area (Å²) in [5.74, 6) is 0.152. The summed E-state index contributed by atoms with van der Waals surface area (Å²) in [4.78, 5) is 11.6. The number of nitrogens with one attached hydrogen (secondary N) is 2. The minimum Gasteiger partial charge on any atom is -0.354 e. The average molecular weight is 440 g/mol. The van der Waals surface area contributed by atoms with Crippen molar-refractivity contribution in [3.8, 4) is 0 Å². The molecule has 0 spiro atoms. The van der Waals surface area contributed by atoms with E-state index in [-0.39, 0.29) is 17.3 Å². The van der Waals surface area contributed by atoms with E-state index in [1.807, 2.05) is 37.3 Å². The summed E-state index contributed by atoms with van der Waals surface area (Å²) in [7, 11) is -3.70. The topological polar surface area (TPSA) is 101 Å². The molecule has 0 bridgehead atoms. The zero-order chi connectivity index (χ0) is 22.6. The van der Waals surface area contributed by atoms with Gasteiger partial charge in [0.25, 0.3) is 0 Å². The zero-order valence-electron chi connectivity index (χ0n) is 17.9. The SMILES string of the molecule is CC(=O)Nc1c(C)noc1C=Cc1ccc(C)c(S(=O)(=O)NCc2ccc(C)cc2)c1.